The molecule has 0 saturated carbocycles. The van der Waals surface area contributed by atoms with Gasteiger partial charge in [-0.3, -0.25) is 4.68 Å². The Hall–Kier alpha value is -1.47. The number of aromatic nitrogens is 2. The molecule has 0 fully saturated rings. The van der Waals surface area contributed by atoms with Crippen LogP contribution in [0.1, 0.15) is 11.1 Å². The van der Waals surface area contributed by atoms with Crippen LogP contribution in [0.5, 0.6) is 5.75 Å². The molecule has 1 aromatic heterocycles. The molecule has 0 unspecified atom stereocenters. The summed E-state index contributed by atoms with van der Waals surface area (Å²) in [4.78, 5) is 0. The van der Waals surface area contributed by atoms with Crippen LogP contribution in [-0.2, 0) is 20.0 Å². The van der Waals surface area contributed by atoms with E-state index in [2.05, 4.69) is 31.1 Å². The lowest BCUT2D eigenvalue weighted by Crippen LogP contribution is -2.17. The largest absolute Gasteiger partial charge is 0.434 e. The average molecular weight is 360 g/mol. The monoisotopic (exact) mass is 359 g/mol. The molecule has 2 aromatic rings. The zero-order valence-corrected chi connectivity index (χ0v) is 13.1. The Morgan fingerprint density at radius 1 is 1.43 bits per heavy atom. The van der Waals surface area contributed by atoms with Crippen LogP contribution < -0.4 is 10.1 Å². The van der Waals surface area contributed by atoms with Crippen molar-refractivity contribution in [3.63, 3.8) is 0 Å². The van der Waals surface area contributed by atoms with E-state index in [1.54, 1.807) is 16.8 Å². The Morgan fingerprint density at radius 2 is 2.24 bits per heavy atom. The summed E-state index contributed by atoms with van der Waals surface area (Å²) in [5.74, 6) is 0.196. The molecule has 0 bridgehead atoms. The van der Waals surface area contributed by atoms with Crippen molar-refractivity contribution in [3.8, 4) is 5.75 Å². The first-order valence-electron chi connectivity index (χ1n) is 6.46. The van der Waals surface area contributed by atoms with Gasteiger partial charge in [0.05, 0.1) is 6.20 Å². The van der Waals surface area contributed by atoms with Crippen LogP contribution in [0, 0.1) is 0 Å². The molecule has 0 aliphatic heterocycles. The highest BCUT2D eigenvalue weighted by Crippen LogP contribution is 2.24. The van der Waals surface area contributed by atoms with Crippen LogP contribution in [-0.4, -0.2) is 22.9 Å². The molecule has 0 amide bonds. The molecule has 2 rings (SSSR count). The quantitative estimate of drug-likeness (QED) is 0.772. The fraction of sp³-hybridized carbons (Fsp3) is 0.357. The summed E-state index contributed by atoms with van der Waals surface area (Å²) in [6.07, 6.45) is 4.59. The third-order valence-corrected chi connectivity index (χ3v) is 3.40. The van der Waals surface area contributed by atoms with E-state index in [9.17, 15) is 8.78 Å². The second-order valence-electron chi connectivity index (χ2n) is 4.58. The minimum absolute atomic E-state index is 0.196. The van der Waals surface area contributed by atoms with Crippen molar-refractivity contribution < 1.29 is 13.5 Å². The Bertz CT molecular complexity index is 589. The Kier molecular flexibility index (Phi) is 5.69. The molecule has 0 spiro atoms. The standard InChI is InChI=1S/C14H16BrF2N3O/c1-20-9-10(7-19-20)4-5-18-8-11-6-12(15)2-3-13(11)21-14(16)17/h2-3,6-7,9,14,18H,4-5,8H2,1H3. The minimum Gasteiger partial charge on any atom is -0.434 e. The van der Waals surface area contributed by atoms with Crippen LogP contribution in [0.4, 0.5) is 8.78 Å². The number of benzene rings is 1. The zero-order valence-electron chi connectivity index (χ0n) is 11.5. The summed E-state index contributed by atoms with van der Waals surface area (Å²) in [5, 5.41) is 7.31. The Morgan fingerprint density at radius 3 is 2.90 bits per heavy atom. The van der Waals surface area contributed by atoms with Gasteiger partial charge in [0.1, 0.15) is 5.75 Å². The molecule has 0 saturated heterocycles. The molecule has 0 radical (unpaired) electrons. The van der Waals surface area contributed by atoms with Gasteiger partial charge in [0.2, 0.25) is 0 Å². The lowest BCUT2D eigenvalue weighted by Gasteiger charge is -2.12. The van der Waals surface area contributed by atoms with E-state index in [1.165, 1.54) is 6.07 Å². The fourth-order valence-corrected chi connectivity index (χ4v) is 2.36. The number of nitrogens with one attached hydrogen (secondary N) is 1. The van der Waals surface area contributed by atoms with Crippen LogP contribution in [0.2, 0.25) is 0 Å². The SMILES string of the molecule is Cn1cc(CCNCc2cc(Br)ccc2OC(F)F)cn1. The van der Waals surface area contributed by atoms with Crippen molar-refractivity contribution in [2.24, 2.45) is 7.05 Å². The van der Waals surface area contributed by atoms with E-state index in [1.807, 2.05) is 19.4 Å². The van der Waals surface area contributed by atoms with Gasteiger partial charge in [0.15, 0.2) is 0 Å². The van der Waals surface area contributed by atoms with Gasteiger partial charge in [-0.15, -0.1) is 0 Å². The van der Waals surface area contributed by atoms with Gasteiger partial charge in [-0.05, 0) is 36.7 Å². The van der Waals surface area contributed by atoms with Crippen molar-refractivity contribution in [1.82, 2.24) is 15.1 Å². The van der Waals surface area contributed by atoms with Gasteiger partial charge in [0.25, 0.3) is 0 Å². The predicted octanol–water partition coefficient (Wildman–Crippen LogP) is 3.12. The van der Waals surface area contributed by atoms with Gasteiger partial charge in [0, 0.05) is 29.8 Å². The summed E-state index contributed by atoms with van der Waals surface area (Å²) in [5.41, 5.74) is 1.82. The van der Waals surface area contributed by atoms with Crippen molar-refractivity contribution >= 4 is 15.9 Å². The first kappa shape index (κ1) is 15.9. The first-order valence-corrected chi connectivity index (χ1v) is 7.25. The van der Waals surface area contributed by atoms with Crippen LogP contribution in [0.15, 0.2) is 35.1 Å². The van der Waals surface area contributed by atoms with E-state index < -0.39 is 6.61 Å². The number of aryl methyl sites for hydroxylation is 1. The van der Waals surface area contributed by atoms with Crippen molar-refractivity contribution in [1.29, 1.82) is 0 Å². The summed E-state index contributed by atoms with van der Waals surface area (Å²) in [7, 11) is 1.87. The summed E-state index contributed by atoms with van der Waals surface area (Å²) in [6.45, 7) is -1.63. The van der Waals surface area contributed by atoms with Gasteiger partial charge < -0.3 is 10.1 Å². The van der Waals surface area contributed by atoms with Crippen LogP contribution >= 0.6 is 15.9 Å². The lowest BCUT2D eigenvalue weighted by molar-refractivity contribution is -0.0505. The van der Waals surface area contributed by atoms with Crippen molar-refractivity contribution in [2.75, 3.05) is 6.54 Å². The Labute approximate surface area is 130 Å². The van der Waals surface area contributed by atoms with Gasteiger partial charge >= 0.3 is 6.61 Å². The second kappa shape index (κ2) is 7.51. The molecule has 0 atom stereocenters. The van der Waals surface area contributed by atoms with E-state index in [-0.39, 0.29) is 5.75 Å². The average Bonchev–Trinajstić information content (AvgIpc) is 2.83. The number of hydrogen-bond acceptors (Lipinski definition) is 3. The molecule has 1 heterocycles. The van der Waals surface area contributed by atoms with Crippen molar-refractivity contribution in [3.05, 3.63) is 46.2 Å². The molecule has 7 heteroatoms. The van der Waals surface area contributed by atoms with Gasteiger partial charge in [-0.25, -0.2) is 0 Å². The highest BCUT2D eigenvalue weighted by Gasteiger charge is 2.10. The molecule has 1 N–H and O–H groups in total. The molecule has 4 nitrogen and oxygen atoms in total. The molecule has 1 aromatic carbocycles. The Balaban J connectivity index is 1.88. The van der Waals surface area contributed by atoms with E-state index in [0.717, 1.165) is 23.0 Å². The highest BCUT2D eigenvalue weighted by atomic mass is 79.9. The van der Waals surface area contributed by atoms with E-state index >= 15 is 0 Å². The van der Waals surface area contributed by atoms with Crippen LogP contribution in [0.3, 0.4) is 0 Å². The number of hydrogen-bond donors (Lipinski definition) is 1. The zero-order chi connectivity index (χ0) is 15.2. The van der Waals surface area contributed by atoms with E-state index in [0.29, 0.717) is 12.1 Å². The maximum atomic E-state index is 12.3. The van der Waals surface area contributed by atoms with Gasteiger partial charge in [-0.2, -0.15) is 13.9 Å². The summed E-state index contributed by atoms with van der Waals surface area (Å²) >= 11 is 3.33. The second-order valence-corrected chi connectivity index (χ2v) is 5.50. The topological polar surface area (TPSA) is 39.1 Å². The molecular weight excluding hydrogens is 344 g/mol. The lowest BCUT2D eigenvalue weighted by atomic mass is 10.2. The van der Waals surface area contributed by atoms with Crippen molar-refractivity contribution in [2.45, 2.75) is 19.6 Å². The third-order valence-electron chi connectivity index (χ3n) is 2.90. The molecular formula is C14H16BrF2N3O. The predicted molar refractivity (Wildman–Crippen MR) is 79.4 cm³/mol. The maximum absolute atomic E-state index is 12.3. The number of halogens is 3. The minimum atomic E-state index is -2.82. The first-order chi connectivity index (χ1) is 10.0. The summed E-state index contributed by atoms with van der Waals surface area (Å²) in [6, 6.07) is 4.99. The molecule has 0 aliphatic rings. The molecule has 21 heavy (non-hydrogen) atoms. The maximum Gasteiger partial charge on any atom is 0.387 e. The molecule has 114 valence electrons. The normalized spacial score (nSPS) is 11.1. The fourth-order valence-electron chi connectivity index (χ4n) is 1.95. The highest BCUT2D eigenvalue weighted by molar-refractivity contribution is 9.10. The molecule has 0 aliphatic carbocycles. The number of alkyl halides is 2. The van der Waals surface area contributed by atoms with Crippen LogP contribution in [0.25, 0.3) is 0 Å². The third kappa shape index (κ3) is 5.09. The number of rotatable bonds is 7. The smallest absolute Gasteiger partial charge is 0.387 e. The number of ether oxygens (including phenoxy) is 1. The number of nitrogens with zero attached hydrogens (tertiary/aromatic N) is 2. The van der Waals surface area contributed by atoms with E-state index in [4.69, 9.17) is 0 Å². The van der Waals surface area contributed by atoms with Gasteiger partial charge in [-0.1, -0.05) is 15.9 Å². The summed E-state index contributed by atoms with van der Waals surface area (Å²) < 4.78 is 31.8.